The Balaban J connectivity index is 0.00000220. The number of carbonyl (C=O) groups excluding carboxylic acids is 2. The van der Waals surface area contributed by atoms with Crippen molar-refractivity contribution in [3.05, 3.63) is 0 Å². The van der Waals surface area contributed by atoms with Crippen LogP contribution in [0.1, 0.15) is 45.4 Å². The summed E-state index contributed by atoms with van der Waals surface area (Å²) in [4.78, 5) is 26.0. The standard InChI is InChI=1S/C15H27N3O2.ClH/c1-11(17-15(20)13-4-2-3-5-13)8-14(19)18-7-6-12(9-16)10-18;/h11-13H,2-10,16H2,1H3,(H,17,20);1H. The molecule has 2 unspecified atom stereocenters. The molecular weight excluding hydrogens is 290 g/mol. The summed E-state index contributed by atoms with van der Waals surface area (Å²) < 4.78 is 0. The van der Waals surface area contributed by atoms with E-state index in [4.69, 9.17) is 5.73 Å². The lowest BCUT2D eigenvalue weighted by atomic mass is 10.1. The molecule has 21 heavy (non-hydrogen) atoms. The first-order valence-electron chi connectivity index (χ1n) is 7.88. The summed E-state index contributed by atoms with van der Waals surface area (Å²) in [7, 11) is 0. The van der Waals surface area contributed by atoms with Crippen molar-refractivity contribution in [2.24, 2.45) is 17.6 Å². The Hall–Kier alpha value is -0.810. The first kappa shape index (κ1) is 18.2. The fourth-order valence-corrected chi connectivity index (χ4v) is 3.24. The third kappa shape index (κ3) is 5.15. The van der Waals surface area contributed by atoms with Gasteiger partial charge in [-0.1, -0.05) is 12.8 Å². The summed E-state index contributed by atoms with van der Waals surface area (Å²) in [6.45, 7) is 4.15. The molecule has 3 N–H and O–H groups in total. The van der Waals surface area contributed by atoms with Gasteiger partial charge in [0.2, 0.25) is 11.8 Å². The van der Waals surface area contributed by atoms with Gasteiger partial charge in [-0.15, -0.1) is 12.4 Å². The number of hydrogen-bond donors (Lipinski definition) is 2. The zero-order valence-electron chi connectivity index (χ0n) is 12.8. The van der Waals surface area contributed by atoms with Crippen molar-refractivity contribution in [3.63, 3.8) is 0 Å². The van der Waals surface area contributed by atoms with Crippen molar-refractivity contribution < 1.29 is 9.59 Å². The minimum atomic E-state index is -0.0764. The smallest absolute Gasteiger partial charge is 0.224 e. The predicted octanol–water partition coefficient (Wildman–Crippen LogP) is 1.30. The van der Waals surface area contributed by atoms with Crippen LogP contribution in [-0.2, 0) is 9.59 Å². The zero-order chi connectivity index (χ0) is 14.5. The SMILES string of the molecule is CC(CC(=O)N1CCC(CN)C1)NC(=O)C1CCCC1.Cl. The van der Waals surface area contributed by atoms with Gasteiger partial charge in [0.25, 0.3) is 0 Å². The van der Waals surface area contributed by atoms with Crippen LogP contribution in [-0.4, -0.2) is 42.4 Å². The number of nitrogens with one attached hydrogen (secondary N) is 1. The Morgan fingerprint density at radius 2 is 1.95 bits per heavy atom. The van der Waals surface area contributed by atoms with Crippen molar-refractivity contribution in [1.82, 2.24) is 10.2 Å². The van der Waals surface area contributed by atoms with Gasteiger partial charge in [0.1, 0.15) is 0 Å². The van der Waals surface area contributed by atoms with Crippen LogP contribution in [0.3, 0.4) is 0 Å². The Kier molecular flexibility index (Phi) is 7.46. The van der Waals surface area contributed by atoms with E-state index < -0.39 is 0 Å². The predicted molar refractivity (Wildman–Crippen MR) is 85.2 cm³/mol. The normalized spacial score (nSPS) is 23.7. The highest BCUT2D eigenvalue weighted by atomic mass is 35.5. The highest BCUT2D eigenvalue weighted by molar-refractivity contribution is 5.85. The van der Waals surface area contributed by atoms with Crippen LogP contribution in [0, 0.1) is 11.8 Å². The van der Waals surface area contributed by atoms with Crippen molar-refractivity contribution in [1.29, 1.82) is 0 Å². The first-order chi connectivity index (χ1) is 9.60. The molecule has 0 spiro atoms. The van der Waals surface area contributed by atoms with Crippen LogP contribution in [0.5, 0.6) is 0 Å². The number of halogens is 1. The van der Waals surface area contributed by atoms with Gasteiger partial charge in [-0.2, -0.15) is 0 Å². The lowest BCUT2D eigenvalue weighted by Crippen LogP contribution is -2.40. The molecule has 1 saturated heterocycles. The Labute approximate surface area is 133 Å². The van der Waals surface area contributed by atoms with Crippen molar-refractivity contribution >= 4 is 24.2 Å². The van der Waals surface area contributed by atoms with Gasteiger partial charge in [-0.25, -0.2) is 0 Å². The van der Waals surface area contributed by atoms with E-state index in [9.17, 15) is 9.59 Å². The van der Waals surface area contributed by atoms with E-state index in [1.807, 2.05) is 11.8 Å². The second-order valence-corrected chi connectivity index (χ2v) is 6.33. The van der Waals surface area contributed by atoms with Gasteiger partial charge >= 0.3 is 0 Å². The van der Waals surface area contributed by atoms with Crippen molar-refractivity contribution in [3.8, 4) is 0 Å². The maximum Gasteiger partial charge on any atom is 0.224 e. The van der Waals surface area contributed by atoms with Gasteiger partial charge in [0, 0.05) is 31.5 Å². The average molecular weight is 318 g/mol. The van der Waals surface area contributed by atoms with Crippen LogP contribution in [0.4, 0.5) is 0 Å². The molecule has 5 nitrogen and oxygen atoms in total. The molecule has 2 amide bonds. The summed E-state index contributed by atoms with van der Waals surface area (Å²) in [5, 5.41) is 2.99. The minimum Gasteiger partial charge on any atom is -0.353 e. The Morgan fingerprint density at radius 1 is 1.29 bits per heavy atom. The fraction of sp³-hybridized carbons (Fsp3) is 0.867. The Bertz CT molecular complexity index is 359. The molecule has 0 aromatic heterocycles. The molecule has 2 atom stereocenters. The largest absolute Gasteiger partial charge is 0.353 e. The maximum atomic E-state index is 12.2. The molecule has 122 valence electrons. The van der Waals surface area contributed by atoms with Gasteiger partial charge in [0.05, 0.1) is 0 Å². The molecule has 1 heterocycles. The number of rotatable bonds is 5. The second kappa shape index (κ2) is 8.59. The quantitative estimate of drug-likeness (QED) is 0.802. The van der Waals surface area contributed by atoms with E-state index in [2.05, 4.69) is 5.32 Å². The van der Waals surface area contributed by atoms with Crippen LogP contribution in [0.15, 0.2) is 0 Å². The number of likely N-dealkylation sites (tertiary alicyclic amines) is 1. The summed E-state index contributed by atoms with van der Waals surface area (Å²) >= 11 is 0. The van der Waals surface area contributed by atoms with E-state index in [1.165, 1.54) is 0 Å². The van der Waals surface area contributed by atoms with E-state index in [0.717, 1.165) is 45.2 Å². The molecule has 1 aliphatic heterocycles. The topological polar surface area (TPSA) is 75.4 Å². The highest BCUT2D eigenvalue weighted by Crippen LogP contribution is 2.25. The van der Waals surface area contributed by atoms with Crippen molar-refractivity contribution in [2.75, 3.05) is 19.6 Å². The molecule has 6 heteroatoms. The molecule has 1 saturated carbocycles. The van der Waals surface area contributed by atoms with Crippen LogP contribution < -0.4 is 11.1 Å². The lowest BCUT2D eigenvalue weighted by Gasteiger charge is -2.21. The molecule has 0 bridgehead atoms. The summed E-state index contributed by atoms with van der Waals surface area (Å²) in [6.07, 6.45) is 5.70. The van der Waals surface area contributed by atoms with E-state index in [-0.39, 0.29) is 36.2 Å². The molecule has 0 aromatic rings. The average Bonchev–Trinajstić information content (AvgIpc) is 3.09. The third-order valence-electron chi connectivity index (χ3n) is 4.57. The minimum absolute atomic E-state index is 0. The summed E-state index contributed by atoms with van der Waals surface area (Å²) in [6, 6.07) is -0.0764. The number of amides is 2. The van der Waals surface area contributed by atoms with E-state index in [1.54, 1.807) is 0 Å². The van der Waals surface area contributed by atoms with E-state index in [0.29, 0.717) is 18.9 Å². The number of nitrogens with zero attached hydrogens (tertiary/aromatic N) is 1. The second-order valence-electron chi connectivity index (χ2n) is 6.33. The molecule has 2 aliphatic rings. The maximum absolute atomic E-state index is 12.2. The molecule has 0 aromatic carbocycles. The first-order valence-corrected chi connectivity index (χ1v) is 7.88. The van der Waals surface area contributed by atoms with Gasteiger partial charge in [0.15, 0.2) is 0 Å². The Morgan fingerprint density at radius 3 is 2.52 bits per heavy atom. The number of carbonyl (C=O) groups is 2. The zero-order valence-corrected chi connectivity index (χ0v) is 13.7. The summed E-state index contributed by atoms with van der Waals surface area (Å²) in [5.74, 6) is 0.882. The van der Waals surface area contributed by atoms with Crippen LogP contribution in [0.2, 0.25) is 0 Å². The molecular formula is C15H28ClN3O2. The highest BCUT2D eigenvalue weighted by Gasteiger charge is 2.28. The number of nitrogens with two attached hydrogens (primary N) is 1. The van der Waals surface area contributed by atoms with Gasteiger partial charge < -0.3 is 16.0 Å². The molecule has 0 radical (unpaired) electrons. The van der Waals surface area contributed by atoms with Crippen molar-refractivity contribution in [2.45, 2.75) is 51.5 Å². The third-order valence-corrected chi connectivity index (χ3v) is 4.57. The van der Waals surface area contributed by atoms with Gasteiger partial charge in [-0.3, -0.25) is 9.59 Å². The molecule has 2 rings (SSSR count). The van der Waals surface area contributed by atoms with Crippen LogP contribution >= 0.6 is 12.4 Å². The molecule has 1 aliphatic carbocycles. The van der Waals surface area contributed by atoms with Gasteiger partial charge in [-0.05, 0) is 38.6 Å². The van der Waals surface area contributed by atoms with E-state index >= 15 is 0 Å². The lowest BCUT2D eigenvalue weighted by molar-refractivity contribution is -0.131. The molecule has 2 fully saturated rings. The number of hydrogen-bond acceptors (Lipinski definition) is 3. The fourth-order valence-electron chi connectivity index (χ4n) is 3.24. The van der Waals surface area contributed by atoms with Crippen LogP contribution in [0.25, 0.3) is 0 Å². The summed E-state index contributed by atoms with van der Waals surface area (Å²) in [5.41, 5.74) is 5.64. The monoisotopic (exact) mass is 317 g/mol.